The van der Waals surface area contributed by atoms with E-state index in [0.717, 1.165) is 55.3 Å². The fraction of sp³-hybridized carbons (Fsp3) is 0. The molecule has 7 heteroatoms. The summed E-state index contributed by atoms with van der Waals surface area (Å²) in [5.41, 5.74) is 8.13. The zero-order chi connectivity index (χ0) is 32.0. The van der Waals surface area contributed by atoms with Crippen LogP contribution in [0.5, 0.6) is 17.4 Å². The molecule has 49 heavy (non-hydrogen) atoms. The molecule has 0 spiro atoms. The number of imidazole rings is 1. The van der Waals surface area contributed by atoms with E-state index in [9.17, 15) is 5.11 Å². The molecule has 6 nitrogen and oxygen atoms in total. The van der Waals surface area contributed by atoms with Gasteiger partial charge in [0, 0.05) is 55.4 Å². The average Bonchev–Trinajstić information content (AvgIpc) is 3.71. The van der Waals surface area contributed by atoms with Crippen LogP contribution in [0.3, 0.4) is 0 Å². The molecule has 0 atom stereocenters. The summed E-state index contributed by atoms with van der Waals surface area (Å²) in [7, 11) is 0. The van der Waals surface area contributed by atoms with E-state index >= 15 is 0 Å². The number of benzene rings is 6. The molecular formula is C42H26N3O3Pt-. The minimum atomic E-state index is 0. The zero-order valence-electron chi connectivity index (χ0n) is 25.9. The normalized spacial score (nSPS) is 11.2. The van der Waals surface area contributed by atoms with Crippen LogP contribution in [0.4, 0.5) is 0 Å². The maximum absolute atomic E-state index is 11.6. The van der Waals surface area contributed by atoms with Gasteiger partial charge in [0.05, 0.1) is 16.7 Å². The Bertz CT molecular complexity index is 2610. The van der Waals surface area contributed by atoms with Crippen LogP contribution in [0.15, 0.2) is 156 Å². The average molecular weight is 816 g/mol. The van der Waals surface area contributed by atoms with Crippen molar-refractivity contribution in [2.45, 2.75) is 0 Å². The van der Waals surface area contributed by atoms with Gasteiger partial charge in [-0.05, 0) is 42.0 Å². The molecule has 0 unspecified atom stereocenters. The summed E-state index contributed by atoms with van der Waals surface area (Å²) in [4.78, 5) is 9.63. The van der Waals surface area contributed by atoms with Crippen molar-refractivity contribution in [2.24, 2.45) is 0 Å². The van der Waals surface area contributed by atoms with Crippen molar-refractivity contribution in [3.05, 3.63) is 158 Å². The number of nitrogens with zero attached hydrogens (tertiary/aromatic N) is 3. The molecule has 0 aliphatic rings. The van der Waals surface area contributed by atoms with Crippen LogP contribution in [0.25, 0.3) is 72.3 Å². The van der Waals surface area contributed by atoms with Crippen LogP contribution in [-0.4, -0.2) is 19.6 Å². The van der Waals surface area contributed by atoms with E-state index in [4.69, 9.17) is 14.1 Å². The Morgan fingerprint density at radius 2 is 1.45 bits per heavy atom. The number of hydrogen-bond acceptors (Lipinski definition) is 5. The van der Waals surface area contributed by atoms with Gasteiger partial charge < -0.3 is 14.3 Å². The number of phenolic OH excluding ortho intramolecular Hbond substituents is 1. The molecule has 6 aromatic carbocycles. The van der Waals surface area contributed by atoms with Gasteiger partial charge in [-0.25, -0.2) is 9.97 Å². The molecule has 0 bridgehead atoms. The van der Waals surface area contributed by atoms with Gasteiger partial charge in [-0.15, -0.1) is 23.8 Å². The van der Waals surface area contributed by atoms with E-state index in [0.29, 0.717) is 28.6 Å². The van der Waals surface area contributed by atoms with Crippen LogP contribution >= 0.6 is 0 Å². The Balaban J connectivity index is 0.00000348. The number of fused-ring (bicyclic) bond motifs is 4. The molecular weight excluding hydrogens is 790 g/mol. The molecule has 3 aromatic heterocycles. The molecule has 0 amide bonds. The summed E-state index contributed by atoms with van der Waals surface area (Å²) in [6, 6.07) is 50.9. The second-order valence-corrected chi connectivity index (χ2v) is 11.5. The molecule has 0 saturated carbocycles. The second kappa shape index (κ2) is 12.6. The maximum Gasteiger partial charge on any atom is 0.217 e. The van der Waals surface area contributed by atoms with Crippen molar-refractivity contribution < 1.29 is 35.3 Å². The summed E-state index contributed by atoms with van der Waals surface area (Å²) < 4.78 is 14.6. The van der Waals surface area contributed by atoms with Crippen molar-refractivity contribution in [1.82, 2.24) is 14.5 Å². The third kappa shape index (κ3) is 5.27. The first kappa shape index (κ1) is 30.4. The van der Waals surface area contributed by atoms with Crippen LogP contribution in [0.2, 0.25) is 0 Å². The molecule has 0 aliphatic carbocycles. The molecule has 238 valence electrons. The Morgan fingerprint density at radius 3 is 2.33 bits per heavy atom. The molecule has 0 saturated heterocycles. The van der Waals surface area contributed by atoms with E-state index in [1.165, 1.54) is 0 Å². The predicted octanol–water partition coefficient (Wildman–Crippen LogP) is 10.6. The number of hydrogen-bond donors (Lipinski definition) is 1. The summed E-state index contributed by atoms with van der Waals surface area (Å²) in [6.07, 6.45) is 1.69. The fourth-order valence-corrected chi connectivity index (χ4v) is 6.44. The van der Waals surface area contributed by atoms with Crippen molar-refractivity contribution in [2.75, 3.05) is 0 Å². The molecule has 0 fully saturated rings. The van der Waals surface area contributed by atoms with Crippen LogP contribution in [0, 0.1) is 6.07 Å². The largest absolute Gasteiger partial charge is 0.507 e. The van der Waals surface area contributed by atoms with Crippen molar-refractivity contribution in [3.8, 4) is 56.7 Å². The first-order valence-corrected chi connectivity index (χ1v) is 15.6. The number of phenols is 1. The van der Waals surface area contributed by atoms with Crippen molar-refractivity contribution >= 4 is 33.0 Å². The van der Waals surface area contributed by atoms with Gasteiger partial charge in [0.1, 0.15) is 22.5 Å². The molecule has 3 heterocycles. The number of furan rings is 1. The molecule has 1 N–H and O–H groups in total. The monoisotopic (exact) mass is 815 g/mol. The van der Waals surface area contributed by atoms with E-state index in [-0.39, 0.29) is 26.8 Å². The standard InChI is InChI=1S/C42H26N3O3.Pt/c46-36-24-23-33-32-17-5-7-21-37(32)48-41(33)39(36)42-44-40-31(28-14-10-15-29(26-28)47-38-22-8-9-25-43-38)18-11-20-35(40)45(42)34-19-6-4-16-30(34)27-12-2-1-3-13-27;/h1-25,46H;/q-1;. The number of aromatic nitrogens is 3. The third-order valence-electron chi connectivity index (χ3n) is 8.57. The fourth-order valence-electron chi connectivity index (χ4n) is 6.44. The minimum Gasteiger partial charge on any atom is -0.507 e. The van der Waals surface area contributed by atoms with Crippen LogP contribution < -0.4 is 4.74 Å². The number of pyridine rings is 1. The second-order valence-electron chi connectivity index (χ2n) is 11.5. The van der Waals surface area contributed by atoms with Crippen molar-refractivity contribution in [1.29, 1.82) is 0 Å². The Morgan fingerprint density at radius 1 is 0.673 bits per heavy atom. The van der Waals surface area contributed by atoms with E-state index in [1.54, 1.807) is 12.3 Å². The third-order valence-corrected chi connectivity index (χ3v) is 8.57. The van der Waals surface area contributed by atoms with Gasteiger partial charge in [0.25, 0.3) is 0 Å². The topological polar surface area (TPSA) is 73.3 Å². The summed E-state index contributed by atoms with van der Waals surface area (Å²) in [5, 5.41) is 13.5. The zero-order valence-corrected chi connectivity index (χ0v) is 28.1. The van der Waals surface area contributed by atoms with E-state index < -0.39 is 0 Å². The minimum absolute atomic E-state index is 0. The molecule has 0 radical (unpaired) electrons. The van der Waals surface area contributed by atoms with E-state index in [1.807, 2.05) is 109 Å². The van der Waals surface area contributed by atoms with E-state index in [2.05, 4.69) is 45.9 Å². The van der Waals surface area contributed by atoms with Gasteiger partial charge in [0.2, 0.25) is 5.88 Å². The van der Waals surface area contributed by atoms with Gasteiger partial charge >= 0.3 is 0 Å². The summed E-state index contributed by atoms with van der Waals surface area (Å²) in [6.45, 7) is 0. The number of aromatic hydroxyl groups is 1. The number of rotatable bonds is 6. The van der Waals surface area contributed by atoms with Gasteiger partial charge in [-0.3, -0.25) is 4.57 Å². The first-order valence-electron chi connectivity index (χ1n) is 15.6. The van der Waals surface area contributed by atoms with Crippen LogP contribution in [-0.2, 0) is 21.1 Å². The SMILES string of the molecule is Oc1ccc2c(oc3ccccc32)c1-c1nc2c(-c3[c-]c(Oc4ccccn4)ccc3)cccc2n1-c1ccccc1-c1ccccc1.[Pt]. The Hall–Kier alpha value is -5.97. The molecule has 9 aromatic rings. The Labute approximate surface area is 296 Å². The smallest absolute Gasteiger partial charge is 0.217 e. The summed E-state index contributed by atoms with van der Waals surface area (Å²) >= 11 is 0. The number of para-hydroxylation sites is 3. The van der Waals surface area contributed by atoms with Gasteiger partial charge in [0.15, 0.2) is 5.82 Å². The maximum atomic E-state index is 11.6. The molecule has 9 rings (SSSR count). The van der Waals surface area contributed by atoms with Crippen molar-refractivity contribution in [3.63, 3.8) is 0 Å². The molecule has 0 aliphatic heterocycles. The quantitative estimate of drug-likeness (QED) is 0.169. The van der Waals surface area contributed by atoms with Gasteiger partial charge in [-0.1, -0.05) is 96.6 Å². The predicted molar refractivity (Wildman–Crippen MR) is 189 cm³/mol. The van der Waals surface area contributed by atoms with Gasteiger partial charge in [-0.2, -0.15) is 0 Å². The van der Waals surface area contributed by atoms with Crippen LogP contribution in [0.1, 0.15) is 0 Å². The first-order chi connectivity index (χ1) is 23.7. The summed E-state index contributed by atoms with van der Waals surface area (Å²) in [5.74, 6) is 1.67. The number of ether oxygens (including phenoxy) is 1. The Kier molecular flexibility index (Phi) is 7.79.